The number of benzene rings is 1. The highest BCUT2D eigenvalue weighted by Gasteiger charge is 2.46. The molecule has 0 saturated carbocycles. The third kappa shape index (κ3) is 4.87. The Morgan fingerprint density at radius 2 is 1.92 bits per heavy atom. The minimum atomic E-state index is -0.891. The van der Waals surface area contributed by atoms with Crippen molar-refractivity contribution in [1.29, 1.82) is 0 Å². The monoisotopic (exact) mass is 536 g/mol. The Balaban J connectivity index is 1.31. The molecular weight excluding hydrogens is 504 g/mol. The average Bonchev–Trinajstić information content (AvgIpc) is 3.55. The van der Waals surface area contributed by atoms with Gasteiger partial charge in [-0.25, -0.2) is 9.48 Å². The van der Waals surface area contributed by atoms with E-state index in [0.717, 1.165) is 15.8 Å². The number of amides is 4. The zero-order valence-corrected chi connectivity index (χ0v) is 22.8. The van der Waals surface area contributed by atoms with Crippen molar-refractivity contribution in [2.24, 2.45) is 4.99 Å². The zero-order valence-electron chi connectivity index (χ0n) is 22.0. The van der Waals surface area contributed by atoms with E-state index in [1.807, 2.05) is 37.4 Å². The Labute approximate surface area is 224 Å². The average molecular weight is 537 g/mol. The van der Waals surface area contributed by atoms with E-state index in [-0.39, 0.29) is 23.3 Å². The number of amidine groups is 1. The number of rotatable bonds is 5. The predicted molar refractivity (Wildman–Crippen MR) is 147 cm³/mol. The fourth-order valence-corrected chi connectivity index (χ4v) is 5.85. The molecule has 5 rings (SSSR count). The third-order valence-electron chi connectivity index (χ3n) is 6.90. The summed E-state index contributed by atoms with van der Waals surface area (Å²) in [5, 5.41) is 18.2. The van der Waals surface area contributed by atoms with Crippen LogP contribution in [0.15, 0.2) is 35.5 Å². The van der Waals surface area contributed by atoms with E-state index < -0.39 is 5.54 Å². The van der Waals surface area contributed by atoms with Gasteiger partial charge in [-0.15, -0.1) is 16.4 Å². The van der Waals surface area contributed by atoms with E-state index in [4.69, 9.17) is 4.99 Å². The Kier molecular flexibility index (Phi) is 6.68. The maximum Gasteiger partial charge on any atom is 0.319 e. The van der Waals surface area contributed by atoms with Crippen molar-refractivity contribution in [2.75, 3.05) is 25.0 Å². The van der Waals surface area contributed by atoms with Gasteiger partial charge in [-0.1, -0.05) is 44.2 Å². The number of aromatic nitrogens is 3. The van der Waals surface area contributed by atoms with Crippen LogP contribution in [-0.4, -0.2) is 68.7 Å². The predicted octanol–water partition coefficient (Wildman–Crippen LogP) is 3.14. The lowest BCUT2D eigenvalue weighted by atomic mass is 9.87. The van der Waals surface area contributed by atoms with Gasteiger partial charge in [-0.2, -0.15) is 0 Å². The van der Waals surface area contributed by atoms with Crippen LogP contribution in [0.25, 0.3) is 10.1 Å². The van der Waals surface area contributed by atoms with Crippen LogP contribution in [0.4, 0.5) is 9.80 Å². The van der Waals surface area contributed by atoms with Crippen LogP contribution in [0, 0.1) is 0 Å². The molecule has 11 nitrogen and oxygen atoms in total. The van der Waals surface area contributed by atoms with Crippen LogP contribution < -0.4 is 16.0 Å². The number of anilines is 1. The first kappa shape index (κ1) is 25.8. The second kappa shape index (κ2) is 9.82. The van der Waals surface area contributed by atoms with Gasteiger partial charge < -0.3 is 15.5 Å². The van der Waals surface area contributed by atoms with Crippen LogP contribution in [0.5, 0.6) is 0 Å². The number of fused-ring (bicyclic) bond motifs is 1. The molecule has 1 fully saturated rings. The van der Waals surface area contributed by atoms with Gasteiger partial charge in [0.25, 0.3) is 11.8 Å². The van der Waals surface area contributed by atoms with E-state index >= 15 is 0 Å². The summed E-state index contributed by atoms with van der Waals surface area (Å²) in [7, 11) is 0. The first-order valence-electron chi connectivity index (χ1n) is 12.8. The summed E-state index contributed by atoms with van der Waals surface area (Å²) >= 11 is 1.38. The topological polar surface area (TPSA) is 134 Å². The molecule has 3 N–H and O–H groups in total. The van der Waals surface area contributed by atoms with Crippen LogP contribution in [0.3, 0.4) is 0 Å². The number of thiophene rings is 1. The summed E-state index contributed by atoms with van der Waals surface area (Å²) in [6.07, 6.45) is 2.71. The SMILES string of the molecule is CCNC(=O)Nc1sc2ccccc2c1C(=O)N1CCC2(CC1)N=C(Cn1cc(C(C)(C)C)nn1)NC2=O. The maximum absolute atomic E-state index is 13.7. The number of nitrogens with zero attached hydrogens (tertiary/aromatic N) is 5. The fraction of sp³-hybridized carbons (Fsp3) is 0.462. The molecule has 2 aromatic heterocycles. The highest BCUT2D eigenvalue weighted by atomic mass is 32.1. The lowest BCUT2D eigenvalue weighted by Gasteiger charge is -2.35. The van der Waals surface area contributed by atoms with Gasteiger partial charge >= 0.3 is 6.03 Å². The second-order valence-electron chi connectivity index (χ2n) is 10.7. The molecular formula is C26H32N8O3S. The standard InChI is InChI=1S/C26H32N8O3S/c1-5-27-24(37)29-21-20(16-8-6-7-9-17(16)38-21)22(35)33-12-10-26(11-13-33)23(36)28-19(30-26)15-34-14-18(31-32-34)25(2,3)4/h6-9,14H,5,10-13,15H2,1-4H3,(H2,27,29,37)(H,28,30,36). The van der Waals surface area contributed by atoms with Crippen LogP contribution in [-0.2, 0) is 16.8 Å². The summed E-state index contributed by atoms with van der Waals surface area (Å²) in [4.78, 5) is 45.5. The molecule has 2 aliphatic rings. The molecule has 0 unspecified atom stereocenters. The molecule has 4 heterocycles. The van der Waals surface area contributed by atoms with Crippen LogP contribution >= 0.6 is 11.3 Å². The molecule has 0 aliphatic carbocycles. The van der Waals surface area contributed by atoms with E-state index in [0.29, 0.717) is 55.4 Å². The maximum atomic E-state index is 13.7. The smallest absolute Gasteiger partial charge is 0.319 e. The Hall–Kier alpha value is -3.80. The Bertz CT molecular complexity index is 1430. The van der Waals surface area contributed by atoms with Crippen molar-refractivity contribution >= 4 is 50.1 Å². The first-order valence-corrected chi connectivity index (χ1v) is 13.6. The molecule has 0 radical (unpaired) electrons. The number of aliphatic imine (C=N–C) groups is 1. The molecule has 0 bridgehead atoms. The molecule has 1 aromatic carbocycles. The number of likely N-dealkylation sites (tertiary alicyclic amines) is 1. The summed E-state index contributed by atoms with van der Waals surface area (Å²) in [5.74, 6) is 0.247. The van der Waals surface area contributed by atoms with Crippen LogP contribution in [0.2, 0.25) is 0 Å². The summed E-state index contributed by atoms with van der Waals surface area (Å²) < 4.78 is 2.60. The normalized spacial score (nSPS) is 17.0. The van der Waals surface area contributed by atoms with Crippen LogP contribution in [0.1, 0.15) is 56.6 Å². The summed E-state index contributed by atoms with van der Waals surface area (Å²) in [6, 6.07) is 7.27. The highest BCUT2D eigenvalue weighted by Crippen LogP contribution is 2.38. The van der Waals surface area contributed by atoms with Gasteiger partial charge in [0.1, 0.15) is 22.9 Å². The fourth-order valence-electron chi connectivity index (χ4n) is 4.76. The molecule has 0 atom stereocenters. The number of piperidine rings is 1. The lowest BCUT2D eigenvalue weighted by Crippen LogP contribution is -2.50. The molecule has 38 heavy (non-hydrogen) atoms. The number of nitrogens with one attached hydrogen (secondary N) is 3. The second-order valence-corrected chi connectivity index (χ2v) is 11.7. The minimum absolute atomic E-state index is 0.122. The van der Waals surface area contributed by atoms with Gasteiger partial charge in [0.05, 0.1) is 11.3 Å². The largest absolute Gasteiger partial charge is 0.338 e. The van der Waals surface area contributed by atoms with E-state index in [1.54, 1.807) is 9.58 Å². The summed E-state index contributed by atoms with van der Waals surface area (Å²) in [5.41, 5.74) is 0.334. The van der Waals surface area contributed by atoms with Gasteiger partial charge in [0.2, 0.25) is 0 Å². The lowest BCUT2D eigenvalue weighted by molar-refractivity contribution is -0.125. The van der Waals surface area contributed by atoms with Gasteiger partial charge in [0, 0.05) is 41.3 Å². The van der Waals surface area contributed by atoms with E-state index in [9.17, 15) is 14.4 Å². The molecule has 1 spiro atoms. The number of carbonyl (C=O) groups is 3. The van der Waals surface area contributed by atoms with E-state index in [2.05, 4.69) is 47.0 Å². The van der Waals surface area contributed by atoms with Crippen molar-refractivity contribution in [3.05, 3.63) is 41.7 Å². The molecule has 1 saturated heterocycles. The van der Waals surface area contributed by atoms with Gasteiger partial charge in [-0.3, -0.25) is 19.9 Å². The quantitative estimate of drug-likeness (QED) is 0.461. The van der Waals surface area contributed by atoms with Crippen molar-refractivity contribution < 1.29 is 14.4 Å². The van der Waals surface area contributed by atoms with E-state index in [1.165, 1.54) is 11.3 Å². The zero-order chi connectivity index (χ0) is 27.1. The molecule has 2 aliphatic heterocycles. The number of carbonyl (C=O) groups excluding carboxylic acids is 3. The van der Waals surface area contributed by atoms with Crippen molar-refractivity contribution in [2.45, 2.75) is 58.0 Å². The number of urea groups is 1. The van der Waals surface area contributed by atoms with Crippen molar-refractivity contribution in [1.82, 2.24) is 30.5 Å². The number of hydrogen-bond donors (Lipinski definition) is 3. The van der Waals surface area contributed by atoms with Crippen molar-refractivity contribution in [3.8, 4) is 0 Å². The number of hydrogen-bond acceptors (Lipinski definition) is 7. The molecule has 4 amide bonds. The third-order valence-corrected chi connectivity index (χ3v) is 7.99. The van der Waals surface area contributed by atoms with Gasteiger partial charge in [0.15, 0.2) is 0 Å². The molecule has 3 aromatic rings. The highest BCUT2D eigenvalue weighted by molar-refractivity contribution is 7.23. The minimum Gasteiger partial charge on any atom is -0.338 e. The Morgan fingerprint density at radius 1 is 1.18 bits per heavy atom. The Morgan fingerprint density at radius 3 is 2.61 bits per heavy atom. The first-order chi connectivity index (χ1) is 18.1. The molecule has 12 heteroatoms. The van der Waals surface area contributed by atoms with Crippen molar-refractivity contribution in [3.63, 3.8) is 0 Å². The molecule has 200 valence electrons. The summed E-state index contributed by atoms with van der Waals surface area (Å²) in [6.45, 7) is 9.61. The van der Waals surface area contributed by atoms with Gasteiger partial charge in [-0.05, 0) is 25.8 Å².